The Balaban J connectivity index is 2.11. The van der Waals surface area contributed by atoms with Gasteiger partial charge < -0.3 is 9.64 Å². The Kier molecular flexibility index (Phi) is 3.18. The molecule has 0 radical (unpaired) electrons. The van der Waals surface area contributed by atoms with Crippen LogP contribution >= 0.6 is 0 Å². The Morgan fingerprint density at radius 1 is 1.05 bits per heavy atom. The van der Waals surface area contributed by atoms with Crippen molar-refractivity contribution in [2.24, 2.45) is 0 Å². The largest absolute Gasteiger partial charge is 0.359 e. The van der Waals surface area contributed by atoms with E-state index in [0.29, 0.717) is 11.5 Å². The third-order valence-corrected chi connectivity index (χ3v) is 5.72. The van der Waals surface area contributed by atoms with Crippen molar-refractivity contribution in [3.63, 3.8) is 0 Å². The summed E-state index contributed by atoms with van der Waals surface area (Å²) < 4.78 is 5.56. The molecule has 0 bridgehead atoms. The molecule has 0 amide bonds. The van der Waals surface area contributed by atoms with Gasteiger partial charge in [-0.2, -0.15) is 0 Å². The van der Waals surface area contributed by atoms with Crippen LogP contribution in [0.4, 0.5) is 5.69 Å². The van der Waals surface area contributed by atoms with Crippen LogP contribution in [0.5, 0.6) is 0 Å². The lowest BCUT2D eigenvalue weighted by atomic mass is 9.63. The molecule has 1 heterocycles. The normalized spacial score (nSPS) is 29.2. The number of ether oxygens (including phenoxy) is 1. The molecule has 1 aliphatic carbocycles. The third-order valence-electron chi connectivity index (χ3n) is 5.72. The first-order valence-corrected chi connectivity index (χ1v) is 8.16. The van der Waals surface area contributed by atoms with Gasteiger partial charge in [-0.3, -0.25) is 0 Å². The molecule has 2 unspecified atom stereocenters. The van der Waals surface area contributed by atoms with E-state index < -0.39 is 0 Å². The molecule has 1 saturated heterocycles. The van der Waals surface area contributed by atoms with Crippen molar-refractivity contribution in [3.8, 4) is 0 Å². The van der Waals surface area contributed by atoms with Crippen LogP contribution in [0.15, 0.2) is 12.1 Å². The molecule has 0 saturated carbocycles. The highest BCUT2D eigenvalue weighted by Gasteiger charge is 2.46. The lowest BCUT2D eigenvalue weighted by Gasteiger charge is -2.42. The zero-order chi connectivity index (χ0) is 15.6. The van der Waals surface area contributed by atoms with Crippen molar-refractivity contribution in [1.29, 1.82) is 0 Å². The molecule has 2 atom stereocenters. The zero-order valence-electron chi connectivity index (χ0n) is 14.6. The van der Waals surface area contributed by atoms with E-state index in [1.54, 1.807) is 5.56 Å². The number of hydrogen-bond donors (Lipinski definition) is 0. The van der Waals surface area contributed by atoms with Crippen LogP contribution in [0.3, 0.4) is 0 Å². The minimum atomic E-state index is 0.251. The summed E-state index contributed by atoms with van der Waals surface area (Å²) in [6.07, 6.45) is 2.78. The fourth-order valence-electron chi connectivity index (χ4n) is 3.98. The lowest BCUT2D eigenvalue weighted by Crippen LogP contribution is -2.34. The van der Waals surface area contributed by atoms with E-state index in [1.165, 1.54) is 29.7 Å². The van der Waals surface area contributed by atoms with Crippen LogP contribution < -0.4 is 4.90 Å². The summed E-state index contributed by atoms with van der Waals surface area (Å²) in [6.45, 7) is 14.0. The Labute approximate surface area is 129 Å². The van der Waals surface area contributed by atoms with Crippen molar-refractivity contribution < 1.29 is 4.74 Å². The van der Waals surface area contributed by atoms with Crippen LogP contribution in [0.2, 0.25) is 0 Å². The van der Waals surface area contributed by atoms with Crippen molar-refractivity contribution in [2.45, 2.75) is 77.5 Å². The topological polar surface area (TPSA) is 12.2 Å². The first-order chi connectivity index (χ1) is 9.69. The molecule has 0 spiro atoms. The van der Waals surface area contributed by atoms with E-state index in [0.717, 1.165) is 0 Å². The second kappa shape index (κ2) is 4.49. The summed E-state index contributed by atoms with van der Waals surface area (Å²) in [7, 11) is 1.81. The minimum absolute atomic E-state index is 0.251. The summed E-state index contributed by atoms with van der Waals surface area (Å²) >= 11 is 0. The molecular formula is C19H29NO. The number of rotatable bonds is 2. The number of methoxy groups -OCH3 is 1. The van der Waals surface area contributed by atoms with E-state index in [2.05, 4.69) is 58.6 Å². The number of fused-ring (bicyclic) bond motifs is 1. The molecule has 0 N–H and O–H groups in total. The smallest absolute Gasteiger partial charge is 0.150 e. The summed E-state index contributed by atoms with van der Waals surface area (Å²) in [4.78, 5) is 2.40. The maximum Gasteiger partial charge on any atom is 0.150 e. The molecule has 0 aromatic heterocycles. The van der Waals surface area contributed by atoms with Crippen molar-refractivity contribution in [2.75, 3.05) is 12.0 Å². The van der Waals surface area contributed by atoms with Gasteiger partial charge in [-0.05, 0) is 60.3 Å². The Hall–Kier alpha value is -1.02. The number of benzene rings is 1. The molecule has 1 aromatic rings. The van der Waals surface area contributed by atoms with E-state index in [9.17, 15) is 0 Å². The van der Waals surface area contributed by atoms with Crippen LogP contribution in [0.25, 0.3) is 0 Å². The number of aryl methyl sites for hydroxylation is 1. The van der Waals surface area contributed by atoms with Gasteiger partial charge in [0.25, 0.3) is 0 Å². The first-order valence-electron chi connectivity index (χ1n) is 8.16. The molecule has 1 aromatic carbocycles. The molecular weight excluding hydrogens is 258 g/mol. The van der Waals surface area contributed by atoms with Gasteiger partial charge in [0.15, 0.2) is 6.23 Å². The maximum atomic E-state index is 5.56. The molecule has 2 aliphatic rings. The number of nitrogens with zero attached hydrogens (tertiary/aromatic N) is 1. The monoisotopic (exact) mass is 287 g/mol. The highest BCUT2D eigenvalue weighted by Crippen LogP contribution is 2.49. The highest BCUT2D eigenvalue weighted by atomic mass is 16.5. The third kappa shape index (κ3) is 2.19. The van der Waals surface area contributed by atoms with Crippen LogP contribution in [-0.2, 0) is 15.6 Å². The molecule has 2 heteroatoms. The summed E-state index contributed by atoms with van der Waals surface area (Å²) in [6, 6.07) is 5.37. The summed E-state index contributed by atoms with van der Waals surface area (Å²) in [5, 5.41) is 0. The van der Waals surface area contributed by atoms with E-state index in [4.69, 9.17) is 4.74 Å². The van der Waals surface area contributed by atoms with Crippen molar-refractivity contribution in [3.05, 3.63) is 28.8 Å². The Bertz CT molecular complexity index is 573. The quantitative estimate of drug-likeness (QED) is 0.741. The average Bonchev–Trinajstić information content (AvgIpc) is 3.05. The van der Waals surface area contributed by atoms with Gasteiger partial charge in [0.1, 0.15) is 0 Å². The van der Waals surface area contributed by atoms with Gasteiger partial charge in [-0.1, -0.05) is 33.8 Å². The maximum absolute atomic E-state index is 5.56. The van der Waals surface area contributed by atoms with Gasteiger partial charge in [-0.15, -0.1) is 0 Å². The molecule has 3 rings (SSSR count). The molecule has 116 valence electrons. The molecule has 21 heavy (non-hydrogen) atoms. The van der Waals surface area contributed by atoms with Crippen molar-refractivity contribution >= 4 is 5.69 Å². The van der Waals surface area contributed by atoms with E-state index in [1.807, 2.05) is 7.11 Å². The summed E-state index contributed by atoms with van der Waals surface area (Å²) in [5.41, 5.74) is 6.38. The van der Waals surface area contributed by atoms with Crippen molar-refractivity contribution in [1.82, 2.24) is 0 Å². The average molecular weight is 287 g/mol. The van der Waals surface area contributed by atoms with E-state index >= 15 is 0 Å². The second-order valence-corrected chi connectivity index (χ2v) is 8.23. The number of anilines is 1. The van der Waals surface area contributed by atoms with Gasteiger partial charge in [0.2, 0.25) is 0 Å². The Morgan fingerprint density at radius 3 is 2.05 bits per heavy atom. The predicted octanol–water partition coefficient (Wildman–Crippen LogP) is 4.53. The second-order valence-electron chi connectivity index (χ2n) is 8.23. The fourth-order valence-corrected chi connectivity index (χ4v) is 3.98. The van der Waals surface area contributed by atoms with Gasteiger partial charge in [-0.25, -0.2) is 0 Å². The van der Waals surface area contributed by atoms with Gasteiger partial charge in [0, 0.05) is 12.8 Å². The summed E-state index contributed by atoms with van der Waals surface area (Å²) in [5.74, 6) is 0. The minimum Gasteiger partial charge on any atom is -0.359 e. The predicted molar refractivity (Wildman–Crippen MR) is 89.2 cm³/mol. The van der Waals surface area contributed by atoms with Gasteiger partial charge in [0.05, 0.1) is 6.04 Å². The number of hydrogen-bond acceptors (Lipinski definition) is 2. The van der Waals surface area contributed by atoms with E-state index in [-0.39, 0.29) is 11.6 Å². The SMILES string of the molecule is COC1C(C)N1c1cc2c(cc1C)C(C)(C)CCC2(C)C. The Morgan fingerprint density at radius 2 is 1.57 bits per heavy atom. The lowest BCUT2D eigenvalue weighted by molar-refractivity contribution is 0.179. The molecule has 1 fully saturated rings. The first kappa shape index (κ1) is 14.9. The highest BCUT2D eigenvalue weighted by molar-refractivity contribution is 5.65. The zero-order valence-corrected chi connectivity index (χ0v) is 14.6. The standard InChI is InChI=1S/C19H29NO/c1-12-10-14-15(19(5,6)9-8-18(14,3)4)11-16(12)20-13(2)17(20)21-7/h10-11,13,17H,8-9H2,1-7H3. The van der Waals surface area contributed by atoms with Crippen LogP contribution in [-0.4, -0.2) is 19.4 Å². The van der Waals surface area contributed by atoms with Gasteiger partial charge >= 0.3 is 0 Å². The fraction of sp³-hybridized carbons (Fsp3) is 0.684. The van der Waals surface area contributed by atoms with Crippen LogP contribution in [0.1, 0.15) is 64.2 Å². The van der Waals surface area contributed by atoms with Crippen LogP contribution in [0, 0.1) is 6.92 Å². The molecule has 2 nitrogen and oxygen atoms in total. The molecule has 1 aliphatic heterocycles.